The van der Waals surface area contributed by atoms with Crippen molar-refractivity contribution in [3.05, 3.63) is 54.1 Å². The van der Waals surface area contributed by atoms with Crippen LogP contribution in [0.2, 0.25) is 0 Å². The van der Waals surface area contributed by atoms with Crippen molar-refractivity contribution < 1.29 is 56.9 Å². The molecule has 2 aromatic rings. The minimum Gasteiger partial charge on any atom is -0.744 e. The van der Waals surface area contributed by atoms with Gasteiger partial charge in [0, 0.05) is 11.3 Å². The van der Waals surface area contributed by atoms with E-state index in [1.54, 1.807) is 24.3 Å². The first-order valence-corrected chi connectivity index (χ1v) is 15.8. The monoisotopic (exact) mass is 581 g/mol. The first-order valence-electron chi connectivity index (χ1n) is 14.4. The van der Waals surface area contributed by atoms with Gasteiger partial charge in [-0.25, -0.2) is 8.42 Å². The second-order valence-electron chi connectivity index (χ2n) is 10.1. The van der Waals surface area contributed by atoms with Gasteiger partial charge in [0.05, 0.1) is 17.9 Å². The van der Waals surface area contributed by atoms with Gasteiger partial charge in [-0.15, -0.1) is 0 Å². The zero-order valence-electron chi connectivity index (χ0n) is 24.3. The molecule has 0 fully saturated rings. The molecule has 7 nitrogen and oxygen atoms in total. The number of anilines is 1. The Kier molecular flexibility index (Phi) is 19.1. The molecule has 2 aromatic carbocycles. The van der Waals surface area contributed by atoms with E-state index in [0.717, 1.165) is 25.0 Å². The fourth-order valence-corrected chi connectivity index (χ4v) is 4.92. The van der Waals surface area contributed by atoms with E-state index in [4.69, 9.17) is 4.74 Å². The van der Waals surface area contributed by atoms with Gasteiger partial charge in [-0.05, 0) is 48.9 Å². The Balaban J connectivity index is 0.00000800. The number of unbranched alkanes of at least 4 members (excludes halogenated alkanes) is 13. The van der Waals surface area contributed by atoms with Gasteiger partial charge in [0.1, 0.15) is 15.9 Å². The van der Waals surface area contributed by atoms with E-state index in [9.17, 15) is 22.6 Å². The predicted molar refractivity (Wildman–Crippen MR) is 154 cm³/mol. The smallest absolute Gasteiger partial charge is 0.744 e. The van der Waals surface area contributed by atoms with Gasteiger partial charge < -0.3 is 14.6 Å². The molecule has 0 unspecified atom stereocenters. The van der Waals surface area contributed by atoms with E-state index >= 15 is 0 Å². The van der Waals surface area contributed by atoms with Crippen molar-refractivity contribution in [3.8, 4) is 5.75 Å². The van der Waals surface area contributed by atoms with E-state index < -0.39 is 27.3 Å². The number of hydrogen-bond donors (Lipinski definition) is 1. The maximum atomic E-state index is 12.4. The van der Waals surface area contributed by atoms with Crippen LogP contribution in [0.1, 0.15) is 114 Å². The molecule has 2 rings (SSSR count). The van der Waals surface area contributed by atoms with Crippen LogP contribution in [0.15, 0.2) is 53.4 Å². The summed E-state index contributed by atoms with van der Waals surface area (Å²) >= 11 is 0. The largest absolute Gasteiger partial charge is 1.00 e. The Morgan fingerprint density at radius 1 is 0.775 bits per heavy atom. The number of rotatable bonds is 21. The Hall–Kier alpha value is -1.71. The number of carbonyl (C=O) groups excluding carboxylic acids is 2. The molecule has 0 saturated heterocycles. The van der Waals surface area contributed by atoms with Crippen LogP contribution in [0.25, 0.3) is 0 Å². The quantitative estimate of drug-likeness (QED) is 0.0754. The Labute approximate surface area is 262 Å². The molecule has 0 atom stereocenters. The van der Waals surface area contributed by atoms with Gasteiger partial charge in [-0.1, -0.05) is 96.5 Å². The third-order valence-electron chi connectivity index (χ3n) is 6.67. The molecule has 0 spiro atoms. The van der Waals surface area contributed by atoms with Gasteiger partial charge in [-0.3, -0.25) is 9.59 Å². The summed E-state index contributed by atoms with van der Waals surface area (Å²) in [6.07, 6.45) is 17.9. The Bertz CT molecular complexity index is 1110. The number of benzene rings is 2. The van der Waals surface area contributed by atoms with Gasteiger partial charge in [0.2, 0.25) is 5.91 Å². The minimum atomic E-state index is -4.63. The van der Waals surface area contributed by atoms with Crippen LogP contribution in [-0.4, -0.2) is 31.3 Å². The molecule has 216 valence electrons. The van der Waals surface area contributed by atoms with E-state index in [-0.39, 0.29) is 41.0 Å². The van der Waals surface area contributed by atoms with Crippen molar-refractivity contribution in [2.24, 2.45) is 0 Å². The maximum Gasteiger partial charge on any atom is 1.00 e. The molecule has 0 aromatic heterocycles. The first kappa shape index (κ1) is 36.3. The van der Waals surface area contributed by atoms with E-state index in [1.807, 2.05) is 0 Å². The van der Waals surface area contributed by atoms with Crippen molar-refractivity contribution in [1.82, 2.24) is 0 Å². The topological polar surface area (TPSA) is 113 Å². The summed E-state index contributed by atoms with van der Waals surface area (Å²) in [7, 11) is -4.63. The Morgan fingerprint density at radius 3 is 1.82 bits per heavy atom. The molecule has 0 aliphatic carbocycles. The van der Waals surface area contributed by atoms with Crippen LogP contribution in [0.4, 0.5) is 5.69 Å². The molecule has 0 aliphatic rings. The number of carbonyl (C=O) groups is 2. The zero-order valence-corrected chi connectivity index (χ0v) is 27.1. The van der Waals surface area contributed by atoms with Crippen molar-refractivity contribution in [2.75, 3.05) is 11.9 Å². The molecule has 0 radical (unpaired) electrons. The zero-order chi connectivity index (χ0) is 28.3. The van der Waals surface area contributed by atoms with Gasteiger partial charge in [0.15, 0.2) is 5.78 Å². The van der Waals surface area contributed by atoms with Crippen molar-refractivity contribution in [2.45, 2.75) is 108 Å². The molecule has 1 N–H and O–H groups in total. The summed E-state index contributed by atoms with van der Waals surface area (Å²) in [4.78, 5) is 24.2. The molecule has 0 aliphatic heterocycles. The average molecular weight is 582 g/mol. The van der Waals surface area contributed by atoms with Crippen LogP contribution < -0.4 is 39.6 Å². The minimum absolute atomic E-state index is 0. The standard InChI is InChI=1S/C31H45NO6S.Na/c1-2-3-4-5-6-7-8-9-10-11-12-13-14-15-23-38-28-21-19-26(20-22-28)30(33)25-31(34)32-27-17-16-18-29(24-27)39(35,36)37;/h16-22,24H,2-15,23,25H2,1H3,(H,32,34)(H,35,36,37);/q;+1/p-1. The number of amides is 1. The molecule has 0 bridgehead atoms. The Morgan fingerprint density at radius 2 is 1.30 bits per heavy atom. The van der Waals surface area contributed by atoms with Crippen molar-refractivity contribution in [3.63, 3.8) is 0 Å². The molecular formula is C31H44NNaO6S. The van der Waals surface area contributed by atoms with Crippen LogP contribution in [0.3, 0.4) is 0 Å². The summed E-state index contributed by atoms with van der Waals surface area (Å²) in [6, 6.07) is 11.7. The fourth-order valence-electron chi connectivity index (χ4n) is 4.41. The number of hydrogen-bond acceptors (Lipinski definition) is 6. The van der Waals surface area contributed by atoms with Gasteiger partial charge in [0.25, 0.3) is 0 Å². The summed E-state index contributed by atoms with van der Waals surface area (Å²) in [5, 5.41) is 2.45. The van der Waals surface area contributed by atoms with Crippen molar-refractivity contribution >= 4 is 27.5 Å². The fraction of sp³-hybridized carbons (Fsp3) is 0.548. The number of nitrogens with one attached hydrogen (secondary N) is 1. The molecule has 0 saturated carbocycles. The summed E-state index contributed by atoms with van der Waals surface area (Å²) in [5.41, 5.74) is 0.516. The predicted octanol–water partition coefficient (Wildman–Crippen LogP) is 4.67. The third-order valence-corrected chi connectivity index (χ3v) is 7.50. The van der Waals surface area contributed by atoms with Gasteiger partial charge >= 0.3 is 29.6 Å². The average Bonchev–Trinajstić information content (AvgIpc) is 2.90. The molecule has 1 amide bonds. The SMILES string of the molecule is CCCCCCCCCCCCCCCCOc1ccc(C(=O)CC(=O)Nc2cccc(S(=O)(=O)[O-])c2)cc1.[Na+]. The van der Waals surface area contributed by atoms with Crippen LogP contribution in [-0.2, 0) is 14.9 Å². The number of ether oxygens (including phenoxy) is 1. The van der Waals surface area contributed by atoms with Crippen LogP contribution in [0.5, 0.6) is 5.75 Å². The van der Waals surface area contributed by atoms with Crippen LogP contribution >= 0.6 is 0 Å². The van der Waals surface area contributed by atoms with Crippen molar-refractivity contribution in [1.29, 1.82) is 0 Å². The number of Topliss-reactive ketones (excluding diaryl/α,β-unsaturated/α-hetero) is 1. The second-order valence-corrected chi connectivity index (χ2v) is 11.5. The molecule has 9 heteroatoms. The molecular weight excluding hydrogens is 537 g/mol. The van der Waals surface area contributed by atoms with E-state index in [0.29, 0.717) is 17.9 Å². The normalized spacial score (nSPS) is 11.1. The molecule has 0 heterocycles. The summed E-state index contributed by atoms with van der Waals surface area (Å²) in [6.45, 7) is 2.89. The van der Waals surface area contributed by atoms with E-state index in [1.165, 1.54) is 89.2 Å². The first-order chi connectivity index (χ1) is 18.8. The van der Waals surface area contributed by atoms with Crippen LogP contribution in [0, 0.1) is 0 Å². The second kappa shape index (κ2) is 21.1. The summed E-state index contributed by atoms with van der Waals surface area (Å²) in [5.74, 6) is -0.293. The summed E-state index contributed by atoms with van der Waals surface area (Å²) < 4.78 is 39.2. The molecule has 40 heavy (non-hydrogen) atoms. The maximum absolute atomic E-state index is 12.4. The number of ketones is 1. The van der Waals surface area contributed by atoms with Gasteiger partial charge in [-0.2, -0.15) is 0 Å². The third kappa shape index (κ3) is 15.9. The van der Waals surface area contributed by atoms with E-state index in [2.05, 4.69) is 12.2 Å².